The molecule has 36 heavy (non-hydrogen) atoms. The predicted octanol–water partition coefficient (Wildman–Crippen LogP) is 6.25. The summed E-state index contributed by atoms with van der Waals surface area (Å²) in [6, 6.07) is 26.4. The van der Waals surface area contributed by atoms with Crippen molar-refractivity contribution in [1.82, 2.24) is 14.2 Å². The van der Waals surface area contributed by atoms with Crippen LogP contribution in [0.1, 0.15) is 5.69 Å². The Labute approximate surface area is 214 Å². The van der Waals surface area contributed by atoms with Crippen molar-refractivity contribution in [3.05, 3.63) is 112 Å². The van der Waals surface area contributed by atoms with Crippen LogP contribution in [0.5, 0.6) is 5.75 Å². The van der Waals surface area contributed by atoms with Crippen LogP contribution in [0.4, 0.5) is 0 Å². The Balaban J connectivity index is 1.50. The van der Waals surface area contributed by atoms with Crippen LogP contribution in [0.15, 0.2) is 110 Å². The lowest BCUT2D eigenvalue weighted by atomic mass is 10.2. The van der Waals surface area contributed by atoms with Gasteiger partial charge in [0.25, 0.3) is 5.56 Å². The lowest BCUT2D eigenvalue weighted by Crippen LogP contribution is -2.20. The largest absolute Gasteiger partial charge is 0.497 e. The Morgan fingerprint density at radius 3 is 2.67 bits per heavy atom. The maximum Gasteiger partial charge on any atom is 0.282 e. The van der Waals surface area contributed by atoms with E-state index in [2.05, 4.69) is 21.0 Å². The van der Waals surface area contributed by atoms with E-state index in [1.807, 2.05) is 89.6 Å². The Morgan fingerprint density at radius 2 is 1.83 bits per heavy atom. The molecule has 6 rings (SSSR count). The number of hydrogen-bond acceptors (Lipinski definition) is 5. The van der Waals surface area contributed by atoms with Crippen molar-refractivity contribution in [2.45, 2.75) is 0 Å². The van der Waals surface area contributed by atoms with E-state index in [-0.39, 0.29) is 5.56 Å². The van der Waals surface area contributed by atoms with E-state index in [4.69, 9.17) is 14.1 Å². The number of hydrogen-bond donors (Lipinski definition) is 0. The number of fused-ring (bicyclic) bond motifs is 2. The molecule has 3 aromatic heterocycles. The van der Waals surface area contributed by atoms with Gasteiger partial charge in [-0.2, -0.15) is 9.78 Å². The Kier molecular flexibility index (Phi) is 5.50. The molecule has 0 saturated heterocycles. The van der Waals surface area contributed by atoms with Crippen molar-refractivity contribution < 1.29 is 9.15 Å². The Morgan fingerprint density at radius 1 is 1.00 bits per heavy atom. The van der Waals surface area contributed by atoms with Gasteiger partial charge in [0, 0.05) is 21.7 Å². The van der Waals surface area contributed by atoms with Crippen molar-refractivity contribution in [3.8, 4) is 23.0 Å². The number of aromatic nitrogens is 3. The highest BCUT2D eigenvalue weighted by atomic mass is 79.9. The molecule has 0 unspecified atom stereocenters. The maximum atomic E-state index is 13.5. The maximum absolute atomic E-state index is 13.5. The van der Waals surface area contributed by atoms with Gasteiger partial charge >= 0.3 is 0 Å². The number of benzene rings is 3. The highest BCUT2D eigenvalue weighted by molar-refractivity contribution is 9.10. The van der Waals surface area contributed by atoms with Crippen LogP contribution in [-0.4, -0.2) is 27.6 Å². The van der Waals surface area contributed by atoms with E-state index in [0.717, 1.165) is 27.0 Å². The molecule has 0 aliphatic carbocycles. The van der Waals surface area contributed by atoms with E-state index in [0.29, 0.717) is 28.1 Å². The number of para-hydroxylation sites is 1. The molecule has 0 radical (unpaired) electrons. The number of ether oxygens (including phenoxy) is 1. The number of furan rings is 1. The third kappa shape index (κ3) is 3.91. The van der Waals surface area contributed by atoms with Crippen LogP contribution in [0.2, 0.25) is 0 Å². The zero-order valence-corrected chi connectivity index (χ0v) is 20.7. The van der Waals surface area contributed by atoms with E-state index in [1.165, 1.54) is 4.68 Å². The Bertz CT molecular complexity index is 1810. The molecule has 0 aliphatic rings. The highest BCUT2D eigenvalue weighted by Crippen LogP contribution is 2.29. The summed E-state index contributed by atoms with van der Waals surface area (Å²) in [5, 5.41) is 5.95. The summed E-state index contributed by atoms with van der Waals surface area (Å²) < 4.78 is 15.5. The molecule has 0 N–H and O–H groups in total. The van der Waals surface area contributed by atoms with Gasteiger partial charge in [0.15, 0.2) is 5.76 Å². The quantitative estimate of drug-likeness (QED) is 0.243. The van der Waals surface area contributed by atoms with Crippen molar-refractivity contribution in [3.63, 3.8) is 0 Å². The molecule has 7 nitrogen and oxygen atoms in total. The second-order valence-corrected chi connectivity index (χ2v) is 9.02. The van der Waals surface area contributed by atoms with Gasteiger partial charge in [0.1, 0.15) is 11.3 Å². The summed E-state index contributed by atoms with van der Waals surface area (Å²) in [4.78, 5) is 18.3. The van der Waals surface area contributed by atoms with E-state index < -0.39 is 0 Å². The van der Waals surface area contributed by atoms with Crippen LogP contribution in [0.25, 0.3) is 39.1 Å². The molecular weight excluding hydrogens is 520 g/mol. The van der Waals surface area contributed by atoms with E-state index in [1.54, 1.807) is 19.4 Å². The summed E-state index contributed by atoms with van der Waals surface area (Å²) in [6.45, 7) is 0. The molecule has 0 fully saturated rings. The molecule has 3 aromatic carbocycles. The van der Waals surface area contributed by atoms with E-state index >= 15 is 0 Å². The average Bonchev–Trinajstić information content (AvgIpc) is 3.55. The van der Waals surface area contributed by atoms with Crippen LogP contribution in [-0.2, 0) is 0 Å². The minimum absolute atomic E-state index is 0.281. The fourth-order valence-electron chi connectivity index (χ4n) is 4.11. The van der Waals surface area contributed by atoms with Crippen molar-refractivity contribution in [1.29, 1.82) is 0 Å². The monoisotopic (exact) mass is 538 g/mol. The smallest absolute Gasteiger partial charge is 0.282 e. The van der Waals surface area contributed by atoms with Crippen LogP contribution in [0, 0.1) is 0 Å². The predicted molar refractivity (Wildman–Crippen MR) is 144 cm³/mol. The first kappa shape index (κ1) is 22.1. The molecule has 3 heterocycles. The van der Waals surface area contributed by atoms with Gasteiger partial charge in [-0.3, -0.25) is 4.79 Å². The normalized spacial score (nSPS) is 11.6. The van der Waals surface area contributed by atoms with Crippen molar-refractivity contribution in [2.24, 2.45) is 5.10 Å². The molecule has 0 spiro atoms. The summed E-state index contributed by atoms with van der Waals surface area (Å²) in [5.41, 5.74) is 2.72. The molecule has 0 atom stereocenters. The zero-order valence-electron chi connectivity index (χ0n) is 19.1. The van der Waals surface area contributed by atoms with Gasteiger partial charge < -0.3 is 13.7 Å². The molecular formula is C28H19BrN4O3. The Hall–Kier alpha value is -4.43. The molecule has 6 aromatic rings. The van der Waals surface area contributed by atoms with Gasteiger partial charge in [-0.1, -0.05) is 28.1 Å². The van der Waals surface area contributed by atoms with Crippen LogP contribution < -0.4 is 10.3 Å². The van der Waals surface area contributed by atoms with Gasteiger partial charge in [-0.25, -0.2) is 4.98 Å². The number of halogens is 1. The highest BCUT2D eigenvalue weighted by Gasteiger charge is 2.16. The molecule has 0 bridgehead atoms. The van der Waals surface area contributed by atoms with E-state index in [9.17, 15) is 4.79 Å². The van der Waals surface area contributed by atoms with Gasteiger partial charge in [-0.15, -0.1) is 0 Å². The fraction of sp³-hybridized carbons (Fsp3) is 0.0357. The van der Waals surface area contributed by atoms with Crippen LogP contribution >= 0.6 is 15.9 Å². The first-order valence-electron chi connectivity index (χ1n) is 11.2. The van der Waals surface area contributed by atoms with Gasteiger partial charge in [-0.05, 0) is 72.8 Å². The second kappa shape index (κ2) is 8.98. The topological polar surface area (TPSA) is 74.6 Å². The summed E-state index contributed by atoms with van der Waals surface area (Å²) in [5.74, 6) is 1.55. The molecule has 8 heteroatoms. The standard InChI is InChI=1S/C28H19BrN4O3/c1-35-22-11-9-20(10-12-22)32-14-4-5-21(32)17-30-33-27(31-24-7-3-2-6-23(24)28(33)34)26-16-18-15-19(29)8-13-25(18)36-26/h2-17H,1H3. The van der Waals surface area contributed by atoms with Gasteiger partial charge in [0.2, 0.25) is 5.82 Å². The lowest BCUT2D eigenvalue weighted by Gasteiger charge is -2.09. The van der Waals surface area contributed by atoms with Gasteiger partial charge in [0.05, 0.1) is 29.9 Å². The summed E-state index contributed by atoms with van der Waals surface area (Å²) in [6.07, 6.45) is 3.58. The summed E-state index contributed by atoms with van der Waals surface area (Å²) >= 11 is 3.49. The van der Waals surface area contributed by atoms with Crippen LogP contribution in [0.3, 0.4) is 0 Å². The number of methoxy groups -OCH3 is 1. The zero-order chi connectivity index (χ0) is 24.6. The molecule has 176 valence electrons. The molecule has 0 aliphatic heterocycles. The minimum atomic E-state index is -0.281. The third-order valence-electron chi connectivity index (χ3n) is 5.89. The average molecular weight is 539 g/mol. The lowest BCUT2D eigenvalue weighted by molar-refractivity contribution is 0.415. The third-order valence-corrected chi connectivity index (χ3v) is 6.38. The van der Waals surface area contributed by atoms with Crippen molar-refractivity contribution in [2.75, 3.05) is 7.11 Å². The molecule has 0 amide bonds. The first-order chi connectivity index (χ1) is 17.6. The SMILES string of the molecule is COc1ccc(-n2cccc2C=Nn2c(-c3cc4cc(Br)ccc4o3)nc3ccccc3c2=O)cc1. The summed E-state index contributed by atoms with van der Waals surface area (Å²) in [7, 11) is 1.64. The number of rotatable bonds is 5. The van der Waals surface area contributed by atoms with Crippen molar-refractivity contribution >= 4 is 44.0 Å². The molecule has 0 saturated carbocycles. The fourth-order valence-corrected chi connectivity index (χ4v) is 4.49. The second-order valence-electron chi connectivity index (χ2n) is 8.11. The first-order valence-corrected chi connectivity index (χ1v) is 12.0. The minimum Gasteiger partial charge on any atom is -0.497 e. The number of nitrogens with zero attached hydrogens (tertiary/aromatic N) is 4.